The summed E-state index contributed by atoms with van der Waals surface area (Å²) in [5, 5.41) is 0. The minimum absolute atomic E-state index is 0.219. The second kappa shape index (κ2) is 5.96. The van der Waals surface area contributed by atoms with Crippen LogP contribution in [0.5, 0.6) is 0 Å². The first-order chi connectivity index (χ1) is 8.16. The van der Waals surface area contributed by atoms with Crippen LogP contribution in [0.1, 0.15) is 38.2 Å². The Bertz CT molecular complexity index is 372. The van der Waals surface area contributed by atoms with Crippen LogP contribution in [0.4, 0.5) is 4.39 Å². The maximum Gasteiger partial charge on any atom is 0.137 e. The molecule has 0 heterocycles. The average molecular weight is 301 g/mol. The molecule has 1 aromatic carbocycles. The van der Waals surface area contributed by atoms with Crippen molar-refractivity contribution in [1.82, 2.24) is 0 Å². The normalized spacial score (nSPS) is 24.9. The zero-order valence-corrected chi connectivity index (χ0v) is 11.7. The van der Waals surface area contributed by atoms with Crippen LogP contribution in [0.2, 0.25) is 0 Å². The van der Waals surface area contributed by atoms with Gasteiger partial charge in [0, 0.05) is 0 Å². The van der Waals surface area contributed by atoms with Gasteiger partial charge in [0.2, 0.25) is 0 Å². The van der Waals surface area contributed by atoms with Gasteiger partial charge in [-0.3, -0.25) is 0 Å². The van der Waals surface area contributed by atoms with Gasteiger partial charge in [0.1, 0.15) is 5.82 Å². The van der Waals surface area contributed by atoms with E-state index in [0.29, 0.717) is 17.2 Å². The van der Waals surface area contributed by atoms with E-state index in [1.807, 2.05) is 6.07 Å². The summed E-state index contributed by atoms with van der Waals surface area (Å²) in [5.74, 6) is 0.610. The largest absolute Gasteiger partial charge is 0.374 e. The molecule has 0 spiro atoms. The predicted molar refractivity (Wildman–Crippen MR) is 70.3 cm³/mol. The van der Waals surface area contributed by atoms with Crippen LogP contribution in [0.3, 0.4) is 0 Å². The van der Waals surface area contributed by atoms with Gasteiger partial charge in [0.05, 0.1) is 17.2 Å². The number of rotatable bonds is 3. The molecule has 0 aromatic heterocycles. The fourth-order valence-corrected chi connectivity index (χ4v) is 2.64. The number of hydrogen-bond donors (Lipinski definition) is 0. The van der Waals surface area contributed by atoms with Crippen LogP contribution >= 0.6 is 15.9 Å². The first-order valence-corrected chi connectivity index (χ1v) is 7.00. The highest BCUT2D eigenvalue weighted by atomic mass is 79.9. The number of ether oxygens (including phenoxy) is 1. The Balaban J connectivity index is 1.87. The first-order valence-electron chi connectivity index (χ1n) is 6.21. The van der Waals surface area contributed by atoms with Gasteiger partial charge < -0.3 is 4.74 Å². The molecular weight excluding hydrogens is 283 g/mol. The lowest BCUT2D eigenvalue weighted by atomic mass is 9.89. The van der Waals surface area contributed by atoms with E-state index in [1.54, 1.807) is 6.07 Å². The van der Waals surface area contributed by atoms with Gasteiger partial charge in [-0.05, 0) is 59.2 Å². The molecule has 0 N–H and O–H groups in total. The van der Waals surface area contributed by atoms with E-state index in [-0.39, 0.29) is 5.82 Å². The molecule has 1 nitrogen and oxygen atoms in total. The molecule has 2 rings (SSSR count). The standard InChI is InChI=1S/C14H18BrFO/c1-10-5-7-12(8-6-10)17-9-11-3-2-4-13(16)14(11)15/h2-4,10,12H,5-9H2,1H3. The maximum atomic E-state index is 13.3. The molecule has 1 saturated carbocycles. The highest BCUT2D eigenvalue weighted by molar-refractivity contribution is 9.10. The van der Waals surface area contributed by atoms with Crippen molar-refractivity contribution in [3.8, 4) is 0 Å². The van der Waals surface area contributed by atoms with Crippen LogP contribution in [-0.4, -0.2) is 6.10 Å². The SMILES string of the molecule is CC1CCC(OCc2cccc(F)c2Br)CC1. The predicted octanol–water partition coefficient (Wildman–Crippen LogP) is 4.68. The third-order valence-corrected chi connectivity index (χ3v) is 4.36. The third kappa shape index (κ3) is 3.52. The summed E-state index contributed by atoms with van der Waals surface area (Å²) in [4.78, 5) is 0. The molecule has 1 aliphatic rings. The minimum atomic E-state index is -0.219. The summed E-state index contributed by atoms with van der Waals surface area (Å²) >= 11 is 3.26. The number of hydrogen-bond acceptors (Lipinski definition) is 1. The van der Waals surface area contributed by atoms with Crippen molar-refractivity contribution in [3.05, 3.63) is 34.1 Å². The van der Waals surface area contributed by atoms with E-state index in [4.69, 9.17) is 4.74 Å². The van der Waals surface area contributed by atoms with E-state index >= 15 is 0 Å². The smallest absolute Gasteiger partial charge is 0.137 e. The van der Waals surface area contributed by atoms with Crippen molar-refractivity contribution in [2.75, 3.05) is 0 Å². The van der Waals surface area contributed by atoms with Gasteiger partial charge in [0.25, 0.3) is 0 Å². The summed E-state index contributed by atoms with van der Waals surface area (Å²) in [7, 11) is 0. The van der Waals surface area contributed by atoms with Crippen molar-refractivity contribution in [2.45, 2.75) is 45.3 Å². The summed E-state index contributed by atoms with van der Waals surface area (Å²) in [6.07, 6.45) is 5.10. The Labute approximate surface area is 110 Å². The summed E-state index contributed by atoms with van der Waals surface area (Å²) < 4.78 is 19.7. The summed E-state index contributed by atoms with van der Waals surface area (Å²) in [6, 6.07) is 5.08. The molecule has 0 amide bonds. The molecule has 0 bridgehead atoms. The quantitative estimate of drug-likeness (QED) is 0.787. The van der Waals surface area contributed by atoms with E-state index in [1.165, 1.54) is 18.9 Å². The third-order valence-electron chi connectivity index (χ3n) is 3.47. The Kier molecular flexibility index (Phi) is 4.57. The Morgan fingerprint density at radius 2 is 2.00 bits per heavy atom. The van der Waals surface area contributed by atoms with Crippen LogP contribution in [0.15, 0.2) is 22.7 Å². The lowest BCUT2D eigenvalue weighted by Crippen LogP contribution is -2.20. The van der Waals surface area contributed by atoms with Crippen LogP contribution in [0.25, 0.3) is 0 Å². The van der Waals surface area contributed by atoms with Gasteiger partial charge in [0.15, 0.2) is 0 Å². The fourth-order valence-electron chi connectivity index (χ4n) is 2.26. The van der Waals surface area contributed by atoms with Crippen molar-refractivity contribution in [1.29, 1.82) is 0 Å². The highest BCUT2D eigenvalue weighted by Crippen LogP contribution is 2.27. The fraction of sp³-hybridized carbons (Fsp3) is 0.571. The van der Waals surface area contributed by atoms with Gasteiger partial charge in [-0.15, -0.1) is 0 Å². The van der Waals surface area contributed by atoms with Crippen molar-refractivity contribution < 1.29 is 9.13 Å². The number of halogens is 2. The summed E-state index contributed by atoms with van der Waals surface area (Å²) in [5.41, 5.74) is 0.892. The van der Waals surface area contributed by atoms with Gasteiger partial charge in [-0.25, -0.2) is 4.39 Å². The molecule has 17 heavy (non-hydrogen) atoms. The zero-order valence-electron chi connectivity index (χ0n) is 10.1. The molecule has 1 aliphatic carbocycles. The highest BCUT2D eigenvalue weighted by Gasteiger charge is 2.19. The maximum absolute atomic E-state index is 13.3. The molecule has 0 unspecified atom stereocenters. The lowest BCUT2D eigenvalue weighted by molar-refractivity contribution is 0.00841. The van der Waals surface area contributed by atoms with E-state index in [0.717, 1.165) is 24.3 Å². The Morgan fingerprint density at radius 1 is 1.29 bits per heavy atom. The molecule has 0 atom stereocenters. The molecule has 1 aromatic rings. The molecule has 94 valence electrons. The van der Waals surface area contributed by atoms with Crippen molar-refractivity contribution in [2.24, 2.45) is 5.92 Å². The second-order valence-electron chi connectivity index (χ2n) is 4.91. The molecule has 0 radical (unpaired) electrons. The molecule has 3 heteroatoms. The zero-order chi connectivity index (χ0) is 12.3. The van der Waals surface area contributed by atoms with Gasteiger partial charge in [-0.2, -0.15) is 0 Å². The molecule has 0 saturated heterocycles. The first kappa shape index (κ1) is 13.0. The van der Waals surface area contributed by atoms with E-state index in [9.17, 15) is 4.39 Å². The van der Waals surface area contributed by atoms with E-state index < -0.39 is 0 Å². The molecule has 1 fully saturated rings. The van der Waals surface area contributed by atoms with Gasteiger partial charge in [-0.1, -0.05) is 19.1 Å². The van der Waals surface area contributed by atoms with Crippen LogP contribution < -0.4 is 0 Å². The lowest BCUT2D eigenvalue weighted by Gasteiger charge is -2.26. The summed E-state index contributed by atoms with van der Waals surface area (Å²) in [6.45, 7) is 2.79. The Hall–Kier alpha value is -0.410. The van der Waals surface area contributed by atoms with E-state index in [2.05, 4.69) is 22.9 Å². The minimum Gasteiger partial charge on any atom is -0.374 e. The van der Waals surface area contributed by atoms with Crippen LogP contribution in [-0.2, 0) is 11.3 Å². The monoisotopic (exact) mass is 300 g/mol. The Morgan fingerprint density at radius 3 is 2.71 bits per heavy atom. The topological polar surface area (TPSA) is 9.23 Å². The van der Waals surface area contributed by atoms with Crippen LogP contribution in [0, 0.1) is 11.7 Å². The molecule has 0 aliphatic heterocycles. The average Bonchev–Trinajstić information content (AvgIpc) is 2.33. The number of benzene rings is 1. The van der Waals surface area contributed by atoms with Crippen molar-refractivity contribution in [3.63, 3.8) is 0 Å². The molecular formula is C14H18BrFO. The van der Waals surface area contributed by atoms with Gasteiger partial charge >= 0.3 is 0 Å². The second-order valence-corrected chi connectivity index (χ2v) is 5.70. The van der Waals surface area contributed by atoms with Crippen molar-refractivity contribution >= 4 is 15.9 Å².